The van der Waals surface area contributed by atoms with E-state index in [1.54, 1.807) is 0 Å². The molecule has 2 rings (SSSR count). The van der Waals surface area contributed by atoms with E-state index in [-0.39, 0.29) is 5.01 Å². The van der Waals surface area contributed by atoms with Crippen molar-refractivity contribution in [1.29, 1.82) is 0 Å². The van der Waals surface area contributed by atoms with Crippen molar-refractivity contribution in [3.05, 3.63) is 16.1 Å². The summed E-state index contributed by atoms with van der Waals surface area (Å²) in [5.74, 6) is -0.0232. The van der Waals surface area contributed by atoms with Crippen molar-refractivity contribution in [3.8, 4) is 0 Å². The summed E-state index contributed by atoms with van der Waals surface area (Å²) in [6.45, 7) is 3.03. The van der Waals surface area contributed by atoms with Crippen LogP contribution in [0, 0.1) is 5.92 Å². The lowest BCUT2D eigenvalue weighted by Gasteiger charge is -2.34. The molecule has 1 fully saturated rings. The predicted octanol–water partition coefficient (Wildman–Crippen LogP) is 3.24. The molecule has 0 atom stereocenters. The molecule has 5 heteroatoms. The lowest BCUT2D eigenvalue weighted by atomic mass is 9.84. The highest BCUT2D eigenvalue weighted by atomic mass is 32.1. The first-order valence-corrected chi connectivity index (χ1v) is 7.86. The molecule has 106 valence electrons. The third kappa shape index (κ3) is 3.76. The fourth-order valence-electron chi connectivity index (χ4n) is 2.86. The molecule has 1 saturated carbocycles. The molecule has 0 radical (unpaired) electrons. The molecule has 1 aliphatic carbocycles. The van der Waals surface area contributed by atoms with Crippen molar-refractivity contribution in [2.75, 3.05) is 7.05 Å². The minimum atomic E-state index is -0.928. The number of aromatic carboxylic acids is 1. The topological polar surface area (TPSA) is 53.4 Å². The molecule has 0 saturated heterocycles. The number of carboxylic acids is 1. The van der Waals surface area contributed by atoms with Crippen molar-refractivity contribution in [2.45, 2.75) is 51.6 Å². The Morgan fingerprint density at radius 3 is 2.68 bits per heavy atom. The smallest absolute Gasteiger partial charge is 0.365 e. The summed E-state index contributed by atoms with van der Waals surface area (Å²) < 4.78 is 0. The Bertz CT molecular complexity index is 425. The van der Waals surface area contributed by atoms with Crippen molar-refractivity contribution in [1.82, 2.24) is 9.88 Å². The van der Waals surface area contributed by atoms with Crippen LogP contribution in [0.25, 0.3) is 0 Å². The normalized spacial score (nSPS) is 23.7. The Balaban J connectivity index is 1.86. The van der Waals surface area contributed by atoms with Crippen LogP contribution in [0.15, 0.2) is 5.38 Å². The molecule has 1 aromatic rings. The van der Waals surface area contributed by atoms with Crippen LogP contribution in [-0.2, 0) is 6.54 Å². The van der Waals surface area contributed by atoms with Crippen molar-refractivity contribution in [2.24, 2.45) is 5.92 Å². The van der Waals surface area contributed by atoms with Crippen LogP contribution >= 0.6 is 11.3 Å². The number of carbonyl (C=O) groups is 1. The lowest BCUT2D eigenvalue weighted by molar-refractivity contribution is 0.0696. The van der Waals surface area contributed by atoms with E-state index < -0.39 is 5.97 Å². The largest absolute Gasteiger partial charge is 0.476 e. The van der Waals surface area contributed by atoms with Gasteiger partial charge < -0.3 is 5.11 Å². The highest BCUT2D eigenvalue weighted by molar-refractivity contribution is 7.11. The van der Waals surface area contributed by atoms with E-state index in [1.165, 1.54) is 43.4 Å². The Labute approximate surface area is 118 Å². The van der Waals surface area contributed by atoms with Crippen molar-refractivity contribution >= 4 is 17.3 Å². The number of nitrogens with zero attached hydrogens (tertiary/aromatic N) is 2. The Morgan fingerprint density at radius 2 is 2.16 bits per heavy atom. The van der Waals surface area contributed by atoms with Gasteiger partial charge in [0.15, 0.2) is 0 Å². The maximum atomic E-state index is 10.8. The van der Waals surface area contributed by atoms with E-state index in [1.807, 2.05) is 5.38 Å². The summed E-state index contributed by atoms with van der Waals surface area (Å²) in [7, 11) is 2.12. The molecular weight excluding hydrogens is 260 g/mol. The molecule has 0 spiro atoms. The second-order valence-electron chi connectivity index (χ2n) is 5.45. The fourth-order valence-corrected chi connectivity index (χ4v) is 3.50. The molecule has 19 heavy (non-hydrogen) atoms. The summed E-state index contributed by atoms with van der Waals surface area (Å²) >= 11 is 1.21. The standard InChI is InChI=1S/C14H22N2O2S/c1-3-10-4-6-12(7-5-10)16(2)8-11-9-19-13(15-11)14(17)18/h9-10,12H,3-8H2,1-2H3,(H,17,18). The number of hydrogen-bond acceptors (Lipinski definition) is 4. The van der Waals surface area contributed by atoms with E-state index in [9.17, 15) is 4.79 Å². The zero-order valence-electron chi connectivity index (χ0n) is 11.6. The maximum absolute atomic E-state index is 10.8. The molecule has 0 amide bonds. The second kappa shape index (κ2) is 6.48. The molecule has 4 nitrogen and oxygen atoms in total. The van der Waals surface area contributed by atoms with Crippen LogP contribution in [0.2, 0.25) is 0 Å². The van der Waals surface area contributed by atoms with Crippen molar-refractivity contribution in [3.63, 3.8) is 0 Å². The molecule has 1 N–H and O–H groups in total. The highest BCUT2D eigenvalue weighted by Gasteiger charge is 2.23. The summed E-state index contributed by atoms with van der Waals surface area (Å²) in [6, 6.07) is 0.623. The van der Waals surface area contributed by atoms with E-state index in [2.05, 4.69) is 23.9 Å². The monoisotopic (exact) mass is 282 g/mol. The molecule has 1 aromatic heterocycles. The van der Waals surface area contributed by atoms with Gasteiger partial charge in [-0.3, -0.25) is 4.90 Å². The van der Waals surface area contributed by atoms with Gasteiger partial charge in [-0.1, -0.05) is 13.3 Å². The van der Waals surface area contributed by atoms with Gasteiger partial charge in [0, 0.05) is 18.0 Å². The van der Waals surface area contributed by atoms with E-state index in [0.717, 1.165) is 18.2 Å². The first-order chi connectivity index (χ1) is 9.10. The first kappa shape index (κ1) is 14.5. The van der Waals surface area contributed by atoms with Crippen molar-refractivity contribution < 1.29 is 9.90 Å². The van der Waals surface area contributed by atoms with Crippen LogP contribution < -0.4 is 0 Å². The third-order valence-electron chi connectivity index (χ3n) is 4.16. The Hall–Kier alpha value is -0.940. The van der Waals surface area contributed by atoms with E-state index in [4.69, 9.17) is 5.11 Å². The summed E-state index contributed by atoms with van der Waals surface area (Å²) in [6.07, 6.45) is 6.45. The first-order valence-electron chi connectivity index (χ1n) is 6.98. The summed E-state index contributed by atoms with van der Waals surface area (Å²) in [5.41, 5.74) is 0.877. The zero-order valence-corrected chi connectivity index (χ0v) is 12.4. The van der Waals surface area contributed by atoms with Gasteiger partial charge in [0.1, 0.15) is 0 Å². The van der Waals surface area contributed by atoms with Gasteiger partial charge in [-0.25, -0.2) is 9.78 Å². The minimum Gasteiger partial charge on any atom is -0.476 e. The zero-order chi connectivity index (χ0) is 13.8. The van der Waals surface area contributed by atoms with E-state index in [0.29, 0.717) is 6.04 Å². The SMILES string of the molecule is CCC1CCC(N(C)Cc2csc(C(=O)O)n2)CC1. The molecule has 1 heterocycles. The Morgan fingerprint density at radius 1 is 1.47 bits per heavy atom. The number of thiazole rings is 1. The van der Waals surface area contributed by atoms with Gasteiger partial charge in [0.2, 0.25) is 5.01 Å². The van der Waals surface area contributed by atoms with Gasteiger partial charge in [-0.15, -0.1) is 11.3 Å². The molecular formula is C14H22N2O2S. The number of hydrogen-bond donors (Lipinski definition) is 1. The van der Waals surface area contributed by atoms with Crippen LogP contribution in [0.1, 0.15) is 54.5 Å². The molecule has 0 aliphatic heterocycles. The van der Waals surface area contributed by atoms with Gasteiger partial charge in [0.05, 0.1) is 5.69 Å². The fraction of sp³-hybridized carbons (Fsp3) is 0.714. The average Bonchev–Trinajstić information content (AvgIpc) is 2.87. The lowest BCUT2D eigenvalue weighted by Crippen LogP contribution is -2.34. The van der Waals surface area contributed by atoms with Gasteiger partial charge in [-0.05, 0) is 38.6 Å². The quantitative estimate of drug-likeness (QED) is 0.900. The molecule has 0 aromatic carbocycles. The molecule has 0 unspecified atom stereocenters. The number of aromatic nitrogens is 1. The maximum Gasteiger partial charge on any atom is 0.365 e. The minimum absolute atomic E-state index is 0.193. The molecule has 1 aliphatic rings. The van der Waals surface area contributed by atoms with Gasteiger partial charge in [0.25, 0.3) is 0 Å². The van der Waals surface area contributed by atoms with Crippen LogP contribution in [-0.4, -0.2) is 34.0 Å². The Kier molecular flexibility index (Phi) is 4.93. The number of rotatable bonds is 5. The van der Waals surface area contributed by atoms with Crippen LogP contribution in [0.5, 0.6) is 0 Å². The third-order valence-corrected chi connectivity index (χ3v) is 5.04. The predicted molar refractivity (Wildman–Crippen MR) is 76.6 cm³/mol. The number of carboxylic acid groups (broad SMARTS) is 1. The van der Waals surface area contributed by atoms with E-state index >= 15 is 0 Å². The summed E-state index contributed by atoms with van der Waals surface area (Å²) in [4.78, 5) is 17.3. The van der Waals surface area contributed by atoms with Gasteiger partial charge in [-0.2, -0.15) is 0 Å². The second-order valence-corrected chi connectivity index (χ2v) is 6.31. The van der Waals surface area contributed by atoms with Crippen LogP contribution in [0.4, 0.5) is 0 Å². The summed E-state index contributed by atoms with van der Waals surface area (Å²) in [5, 5.41) is 10.9. The average molecular weight is 282 g/mol. The highest BCUT2D eigenvalue weighted by Crippen LogP contribution is 2.29. The molecule has 0 bridgehead atoms. The van der Waals surface area contributed by atoms with Gasteiger partial charge >= 0.3 is 5.97 Å². The van der Waals surface area contributed by atoms with Crippen LogP contribution in [0.3, 0.4) is 0 Å².